The van der Waals surface area contributed by atoms with Gasteiger partial charge in [0.05, 0.1) is 44.4 Å². The predicted octanol–water partition coefficient (Wildman–Crippen LogP) is 11.0. The van der Waals surface area contributed by atoms with Crippen molar-refractivity contribution in [3.05, 3.63) is 165 Å². The van der Waals surface area contributed by atoms with Crippen molar-refractivity contribution in [1.29, 1.82) is 0 Å². The number of methoxy groups -OCH3 is 2. The van der Waals surface area contributed by atoms with E-state index in [1.54, 1.807) is 102 Å². The average molecular weight is 1270 g/mol. The second kappa shape index (κ2) is 29.6. The molecule has 462 valence electrons. The van der Waals surface area contributed by atoms with E-state index in [-0.39, 0.29) is 35.2 Å². The summed E-state index contributed by atoms with van der Waals surface area (Å²) in [6.45, 7) is -6.93. The number of nitrogens with two attached hydrogens (primary N) is 1. The summed E-state index contributed by atoms with van der Waals surface area (Å²) in [5.74, 6) is 0.866. The number of nitrogens with zero attached hydrogens (tertiary/aromatic N) is 5. The smallest absolute Gasteiger partial charge is 0.389 e. The molecule has 0 spiro atoms. The van der Waals surface area contributed by atoms with Gasteiger partial charge in [0.25, 0.3) is 5.56 Å². The van der Waals surface area contributed by atoms with Crippen LogP contribution in [-0.2, 0) is 52.9 Å². The zero-order valence-electron chi connectivity index (χ0n) is 48.0. The number of H-pyrrole nitrogens is 1. The molecule has 0 amide bonds. The number of esters is 2. The van der Waals surface area contributed by atoms with E-state index in [0.29, 0.717) is 51.5 Å². The van der Waals surface area contributed by atoms with E-state index in [0.717, 1.165) is 46.2 Å². The predicted molar refractivity (Wildman–Crippen MR) is 324 cm³/mol. The summed E-state index contributed by atoms with van der Waals surface area (Å²) >= 11 is 1.69. The first-order chi connectivity index (χ1) is 42.2. The Morgan fingerprint density at radius 2 is 1.24 bits per heavy atom. The lowest BCUT2D eigenvalue weighted by molar-refractivity contribution is -0.0624. The van der Waals surface area contributed by atoms with Gasteiger partial charge in [-0.3, -0.25) is 37.0 Å². The zero-order chi connectivity index (χ0) is 60.9. The van der Waals surface area contributed by atoms with E-state index < -0.39 is 93.0 Å². The molecule has 10 rings (SSSR count). The fourth-order valence-corrected chi connectivity index (χ4v) is 16.7. The minimum absolute atomic E-state index is 0.0334. The summed E-state index contributed by atoms with van der Waals surface area (Å²) in [5, 5.41) is 0. The minimum Gasteiger partial charge on any atom is -0.497 e. The third-order valence-corrected chi connectivity index (χ3v) is 21.9. The monoisotopic (exact) mass is 1270 g/mol. The SMILES string of the molecule is CCCCCCCCCCOc1ccc(C(=O)Oc2ccc(CSP3(=O)OC[C@H]4O[C@@H](n5ccc(=O)[nH]c5=O)[C@H](OC)[C@@H]4OP(=O)(SCc4ccc(OC(=O)c5ccc(OC)cc5)cc4)OC[C@H]4O[C@@H](n5cnc6c(N)ncnc65)C[C@@H]4O3)cc2)cc1. The Balaban J connectivity index is 0.862. The van der Waals surface area contributed by atoms with Crippen LogP contribution in [0.4, 0.5) is 5.82 Å². The number of carbonyl (C=O) groups excluding carboxylic acids is 2. The number of nitrogens with one attached hydrogen (secondary N) is 1. The van der Waals surface area contributed by atoms with Gasteiger partial charge >= 0.3 is 31.2 Å². The number of ether oxygens (including phenoxy) is 7. The number of unbranched alkanes of at least 4 members (excludes halogenated alkanes) is 7. The molecule has 0 bridgehead atoms. The number of benzene rings is 4. The first-order valence-electron chi connectivity index (χ1n) is 28.4. The lowest BCUT2D eigenvalue weighted by Gasteiger charge is -2.31. The van der Waals surface area contributed by atoms with Gasteiger partial charge in [-0.1, -0.05) is 76.1 Å². The fraction of sp³-hybridized carbons (Fsp3) is 0.407. The van der Waals surface area contributed by atoms with Crippen LogP contribution in [0, 0.1) is 0 Å². The molecule has 0 aliphatic carbocycles. The van der Waals surface area contributed by atoms with Crippen LogP contribution < -0.4 is 35.9 Å². The number of fused-ring (bicyclic) bond motifs is 3. The highest BCUT2D eigenvalue weighted by Crippen LogP contribution is 2.67. The van der Waals surface area contributed by atoms with Gasteiger partial charge in [-0.05, 0) is 113 Å². The maximum absolute atomic E-state index is 15.5. The summed E-state index contributed by atoms with van der Waals surface area (Å²) in [6, 6.07) is 27.6. The van der Waals surface area contributed by atoms with E-state index in [1.807, 2.05) is 0 Å². The summed E-state index contributed by atoms with van der Waals surface area (Å²) in [4.78, 5) is 66.8. The highest BCUT2D eigenvalue weighted by atomic mass is 32.7. The Morgan fingerprint density at radius 3 is 1.84 bits per heavy atom. The number of imidazole rings is 1. The number of rotatable bonds is 24. The lowest BCUT2D eigenvalue weighted by atomic mass is 10.1. The van der Waals surface area contributed by atoms with E-state index in [1.165, 1.54) is 71.6 Å². The van der Waals surface area contributed by atoms with Crippen LogP contribution in [0.15, 0.2) is 132 Å². The van der Waals surface area contributed by atoms with E-state index in [4.69, 9.17) is 57.0 Å². The normalized spacial score (nSPS) is 23.9. The van der Waals surface area contributed by atoms with Gasteiger partial charge in [0.2, 0.25) is 0 Å². The molecule has 9 atom stereocenters. The van der Waals surface area contributed by atoms with Crippen LogP contribution in [0.5, 0.6) is 23.0 Å². The molecule has 24 nitrogen and oxygen atoms in total. The summed E-state index contributed by atoms with van der Waals surface area (Å²) in [6.07, 6.45) is 5.47. The number of nitrogen functional groups attached to an aromatic ring is 1. The third-order valence-electron chi connectivity index (χ3n) is 14.6. The number of aromatic nitrogens is 6. The first-order valence-corrected chi connectivity index (χ1v) is 34.7. The van der Waals surface area contributed by atoms with Crippen molar-refractivity contribution in [2.45, 2.75) is 119 Å². The molecule has 7 aromatic rings. The Labute approximate surface area is 509 Å². The average Bonchev–Trinajstić information content (AvgIpc) is 2.06. The van der Waals surface area contributed by atoms with Crippen molar-refractivity contribution >= 4 is 65.3 Å². The molecule has 87 heavy (non-hydrogen) atoms. The van der Waals surface area contributed by atoms with Gasteiger partial charge in [0.15, 0.2) is 17.7 Å². The van der Waals surface area contributed by atoms with Crippen molar-refractivity contribution in [3.8, 4) is 23.0 Å². The molecule has 4 aromatic carbocycles. The molecular weight excluding hydrogens is 1200 g/mol. The second-order valence-corrected chi connectivity index (χ2v) is 28.7. The minimum atomic E-state index is -4.42. The van der Waals surface area contributed by atoms with Crippen molar-refractivity contribution in [2.24, 2.45) is 0 Å². The summed E-state index contributed by atoms with van der Waals surface area (Å²) in [5.41, 5.74) is 7.26. The third kappa shape index (κ3) is 16.4. The topological polar surface area (TPSA) is 294 Å². The highest BCUT2D eigenvalue weighted by molar-refractivity contribution is 8.55. The molecule has 0 radical (unpaired) electrons. The molecule has 28 heteroatoms. The zero-order valence-corrected chi connectivity index (χ0v) is 51.4. The van der Waals surface area contributed by atoms with Gasteiger partial charge in [-0.25, -0.2) is 38.5 Å². The molecule has 0 saturated carbocycles. The van der Waals surface area contributed by atoms with Crippen LogP contribution in [-0.4, -0.2) is 106 Å². The van der Waals surface area contributed by atoms with Crippen LogP contribution in [0.2, 0.25) is 0 Å². The van der Waals surface area contributed by atoms with E-state index >= 15 is 9.13 Å². The first kappa shape index (κ1) is 63.4. The molecule has 2 unspecified atom stereocenters. The number of carbonyl (C=O) groups is 2. The molecule has 6 heterocycles. The van der Waals surface area contributed by atoms with Crippen molar-refractivity contribution in [1.82, 2.24) is 29.1 Å². The van der Waals surface area contributed by atoms with Gasteiger partial charge < -0.3 is 38.9 Å². The molecule has 3 aliphatic rings. The van der Waals surface area contributed by atoms with Gasteiger partial charge in [-0.2, -0.15) is 0 Å². The lowest BCUT2D eigenvalue weighted by Crippen LogP contribution is -2.40. The Morgan fingerprint density at radius 1 is 0.667 bits per heavy atom. The Kier molecular flexibility index (Phi) is 21.5. The summed E-state index contributed by atoms with van der Waals surface area (Å²) < 4.78 is 101. The summed E-state index contributed by atoms with van der Waals surface area (Å²) in [7, 11) is 2.86. The molecule has 3 saturated heterocycles. The second-order valence-electron chi connectivity index (χ2n) is 20.6. The molecule has 3 fully saturated rings. The van der Waals surface area contributed by atoms with Crippen LogP contribution >= 0.6 is 36.4 Å². The Bertz CT molecular complexity index is 3670. The maximum atomic E-state index is 15.5. The number of hydrogen-bond acceptors (Lipinski definition) is 23. The van der Waals surface area contributed by atoms with Crippen molar-refractivity contribution in [2.75, 3.05) is 39.8 Å². The molecule has 3 N–H and O–H groups in total. The van der Waals surface area contributed by atoms with Gasteiger partial charge in [-0.15, -0.1) is 0 Å². The van der Waals surface area contributed by atoms with Gasteiger partial charge in [0, 0.05) is 37.3 Å². The van der Waals surface area contributed by atoms with E-state index in [2.05, 4.69) is 26.9 Å². The largest absolute Gasteiger partial charge is 0.497 e. The standard InChI is InChI=1S/C59H67N7O17P2S2/c1-4-5-6-7-8-9-10-11-30-75-43-26-18-41(19-27-43)58(69)79-45-20-12-38(13-21-45)34-86-84(71)77-33-48-52(53(74-3)56(81-48)65-29-28-49(67)64-59(65)70)83-85(72,87-35-39-14-22-44(23-15-39)78-57(68)40-16-24-42(73-2)25-17-40)76-32-47-46(82-84)31-50(80-47)66-37-63-51-54(60)61-36-62-55(51)66/h12-29,36-37,46-48,50,52-53,56H,4-11,30-35H2,1-3H3,(H2,60,61,62)(H,64,67,70)/t46-,47+,48+,50+,52+,53+,56+,84?,85?/m0/s1. The Hall–Kier alpha value is -6.67. The van der Waals surface area contributed by atoms with Crippen molar-refractivity contribution < 1.29 is 70.0 Å². The van der Waals surface area contributed by atoms with Crippen LogP contribution in [0.25, 0.3) is 11.2 Å². The van der Waals surface area contributed by atoms with Crippen LogP contribution in [0.1, 0.15) is 109 Å². The maximum Gasteiger partial charge on any atom is 0.389 e. The number of hydrogen-bond donors (Lipinski definition) is 2. The molecule has 3 aromatic heterocycles. The van der Waals surface area contributed by atoms with E-state index in [9.17, 15) is 19.2 Å². The quantitative estimate of drug-likeness (QED) is 0.0246. The number of anilines is 1. The molecule has 3 aliphatic heterocycles. The fourth-order valence-electron chi connectivity index (χ4n) is 9.91. The number of aromatic amines is 1. The highest BCUT2D eigenvalue weighted by Gasteiger charge is 2.53. The van der Waals surface area contributed by atoms with Crippen molar-refractivity contribution in [3.63, 3.8) is 0 Å². The van der Waals surface area contributed by atoms with Gasteiger partial charge in [0.1, 0.15) is 71.6 Å². The molecular formula is C59H67N7O17P2S2. The van der Waals surface area contributed by atoms with Crippen LogP contribution in [0.3, 0.4) is 0 Å².